The molecule has 0 unspecified atom stereocenters. The molecule has 0 saturated carbocycles. The minimum absolute atomic E-state index is 0.148. The lowest BCUT2D eigenvalue weighted by Crippen LogP contribution is -1.87. The summed E-state index contributed by atoms with van der Waals surface area (Å²) in [5.41, 5.74) is 1.25. The molecule has 0 aliphatic rings. The van der Waals surface area contributed by atoms with E-state index in [1.165, 1.54) is 6.07 Å². The number of nitrogens with zero attached hydrogens (tertiary/aromatic N) is 2. The maximum absolute atomic E-state index is 9.84. The van der Waals surface area contributed by atoms with Crippen molar-refractivity contribution in [1.29, 1.82) is 0 Å². The summed E-state index contributed by atoms with van der Waals surface area (Å²) in [7, 11) is 0. The lowest BCUT2D eigenvalue weighted by atomic mass is 10.1. The Bertz CT molecular complexity index is 695. The van der Waals surface area contributed by atoms with Gasteiger partial charge in [0.05, 0.1) is 16.4 Å². The lowest BCUT2D eigenvalue weighted by Gasteiger charge is -2.05. The van der Waals surface area contributed by atoms with Crippen molar-refractivity contribution in [2.24, 2.45) is 0 Å². The number of aromatic nitrogens is 2. The summed E-state index contributed by atoms with van der Waals surface area (Å²) in [4.78, 5) is 0. The van der Waals surface area contributed by atoms with Gasteiger partial charge in [-0.2, -0.15) is 0 Å². The maximum atomic E-state index is 9.84. The van der Waals surface area contributed by atoms with Gasteiger partial charge in [-0.1, -0.05) is 18.2 Å². The Morgan fingerprint density at radius 1 is 0.812 bits per heavy atom. The van der Waals surface area contributed by atoms with Gasteiger partial charge in [0.25, 0.3) is 0 Å². The van der Waals surface area contributed by atoms with Gasteiger partial charge in [-0.15, -0.1) is 10.2 Å². The zero-order valence-electron chi connectivity index (χ0n) is 8.25. The molecular weight excluding hydrogens is 204 g/mol. The highest BCUT2D eigenvalue weighted by atomic mass is 16.3. The maximum Gasteiger partial charge on any atom is 0.167 e. The van der Waals surface area contributed by atoms with E-state index < -0.39 is 0 Å². The van der Waals surface area contributed by atoms with Crippen molar-refractivity contribution in [2.75, 3.05) is 0 Å². The summed E-state index contributed by atoms with van der Waals surface area (Å²) < 4.78 is 0. The molecule has 0 radical (unpaired) electrons. The first-order valence-corrected chi connectivity index (χ1v) is 4.83. The minimum atomic E-state index is -0.149. The average molecular weight is 212 g/mol. The summed E-state index contributed by atoms with van der Waals surface area (Å²) in [5, 5.41) is 28.7. The summed E-state index contributed by atoms with van der Waals surface area (Å²) in [5.74, 6) is -0.297. The Hall–Kier alpha value is -2.36. The number of phenolic OH excluding ortho intramolecular Hbond substituents is 2. The van der Waals surface area contributed by atoms with Crippen LogP contribution < -0.4 is 0 Å². The molecule has 2 aromatic carbocycles. The van der Waals surface area contributed by atoms with Gasteiger partial charge in [-0.25, -0.2) is 0 Å². The van der Waals surface area contributed by atoms with Crippen molar-refractivity contribution in [3.05, 3.63) is 36.4 Å². The van der Waals surface area contributed by atoms with E-state index in [2.05, 4.69) is 10.2 Å². The van der Waals surface area contributed by atoms with Gasteiger partial charge in [-0.05, 0) is 18.2 Å². The zero-order valence-corrected chi connectivity index (χ0v) is 8.25. The molecule has 0 saturated heterocycles. The first kappa shape index (κ1) is 8.91. The molecule has 1 heterocycles. The van der Waals surface area contributed by atoms with Crippen LogP contribution in [0.3, 0.4) is 0 Å². The molecule has 0 aliphatic carbocycles. The minimum Gasteiger partial charge on any atom is -0.504 e. The van der Waals surface area contributed by atoms with E-state index in [-0.39, 0.29) is 11.5 Å². The monoisotopic (exact) mass is 212 g/mol. The van der Waals surface area contributed by atoms with E-state index >= 15 is 0 Å². The highest BCUT2D eigenvalue weighted by Crippen LogP contribution is 2.36. The molecular formula is C12H8N2O2. The molecule has 0 aliphatic heterocycles. The predicted octanol–water partition coefficient (Wildman–Crippen LogP) is 2.19. The molecule has 16 heavy (non-hydrogen) atoms. The van der Waals surface area contributed by atoms with Gasteiger partial charge >= 0.3 is 0 Å². The van der Waals surface area contributed by atoms with Crippen LogP contribution in [0.2, 0.25) is 0 Å². The van der Waals surface area contributed by atoms with Crippen LogP contribution in [0.5, 0.6) is 11.5 Å². The third kappa shape index (κ3) is 1.10. The zero-order chi connectivity index (χ0) is 11.1. The number of benzene rings is 2. The quantitative estimate of drug-likeness (QED) is 0.443. The van der Waals surface area contributed by atoms with E-state index in [0.717, 1.165) is 5.39 Å². The fraction of sp³-hybridized carbons (Fsp3) is 0. The Labute approximate surface area is 90.8 Å². The number of fused-ring (bicyclic) bond motifs is 3. The molecule has 0 amide bonds. The van der Waals surface area contributed by atoms with Gasteiger partial charge in [0, 0.05) is 5.39 Å². The second-order valence-corrected chi connectivity index (χ2v) is 3.54. The van der Waals surface area contributed by atoms with Gasteiger partial charge in [0.2, 0.25) is 0 Å². The van der Waals surface area contributed by atoms with Crippen LogP contribution in [0.25, 0.3) is 21.8 Å². The van der Waals surface area contributed by atoms with E-state index in [1.54, 1.807) is 6.07 Å². The molecule has 0 bridgehead atoms. The van der Waals surface area contributed by atoms with Crippen LogP contribution in [-0.4, -0.2) is 20.4 Å². The van der Waals surface area contributed by atoms with Crippen molar-refractivity contribution in [1.82, 2.24) is 10.2 Å². The first-order valence-electron chi connectivity index (χ1n) is 4.83. The van der Waals surface area contributed by atoms with Crippen LogP contribution in [0, 0.1) is 0 Å². The summed E-state index contributed by atoms with van der Waals surface area (Å²) in [6.45, 7) is 0. The fourth-order valence-electron chi connectivity index (χ4n) is 1.80. The Balaban J connectivity index is 2.63. The fourth-order valence-corrected chi connectivity index (χ4v) is 1.80. The number of hydrogen-bond acceptors (Lipinski definition) is 4. The van der Waals surface area contributed by atoms with Crippen molar-refractivity contribution in [3.8, 4) is 11.5 Å². The molecule has 0 fully saturated rings. The normalized spacial score (nSPS) is 11.0. The van der Waals surface area contributed by atoms with Gasteiger partial charge < -0.3 is 10.2 Å². The van der Waals surface area contributed by atoms with Crippen LogP contribution >= 0.6 is 0 Å². The largest absolute Gasteiger partial charge is 0.504 e. The predicted molar refractivity (Wildman–Crippen MR) is 60.4 cm³/mol. The van der Waals surface area contributed by atoms with Crippen LogP contribution in [0.1, 0.15) is 0 Å². The topological polar surface area (TPSA) is 66.2 Å². The van der Waals surface area contributed by atoms with E-state index in [1.807, 2.05) is 24.3 Å². The molecule has 4 heteroatoms. The molecule has 78 valence electrons. The molecule has 2 N–H and O–H groups in total. The van der Waals surface area contributed by atoms with E-state index in [4.69, 9.17) is 0 Å². The molecule has 0 atom stereocenters. The van der Waals surface area contributed by atoms with E-state index in [0.29, 0.717) is 16.4 Å². The Morgan fingerprint density at radius 2 is 1.56 bits per heavy atom. The van der Waals surface area contributed by atoms with Gasteiger partial charge in [-0.3, -0.25) is 0 Å². The van der Waals surface area contributed by atoms with Crippen molar-refractivity contribution in [3.63, 3.8) is 0 Å². The van der Waals surface area contributed by atoms with Crippen LogP contribution in [0.4, 0.5) is 0 Å². The number of phenols is 2. The first-order chi connectivity index (χ1) is 7.77. The Kier molecular flexibility index (Phi) is 1.71. The summed E-state index contributed by atoms with van der Waals surface area (Å²) >= 11 is 0. The SMILES string of the molecule is Oc1ccc2nnc3ccccc3c2c1O. The van der Waals surface area contributed by atoms with Crippen molar-refractivity contribution < 1.29 is 10.2 Å². The number of aromatic hydroxyl groups is 2. The van der Waals surface area contributed by atoms with Crippen LogP contribution in [0.15, 0.2) is 36.4 Å². The van der Waals surface area contributed by atoms with E-state index in [9.17, 15) is 10.2 Å². The summed E-state index contributed by atoms with van der Waals surface area (Å²) in [6.07, 6.45) is 0. The lowest BCUT2D eigenvalue weighted by molar-refractivity contribution is 0.408. The van der Waals surface area contributed by atoms with Crippen molar-refractivity contribution in [2.45, 2.75) is 0 Å². The van der Waals surface area contributed by atoms with Crippen LogP contribution in [-0.2, 0) is 0 Å². The molecule has 3 aromatic rings. The molecule has 4 nitrogen and oxygen atoms in total. The molecule has 1 aromatic heterocycles. The Morgan fingerprint density at radius 3 is 2.44 bits per heavy atom. The third-order valence-electron chi connectivity index (χ3n) is 2.57. The second-order valence-electron chi connectivity index (χ2n) is 3.54. The van der Waals surface area contributed by atoms with Crippen molar-refractivity contribution >= 4 is 21.8 Å². The highest BCUT2D eigenvalue weighted by Gasteiger charge is 2.10. The second kappa shape index (κ2) is 3.06. The molecule has 0 spiro atoms. The van der Waals surface area contributed by atoms with Gasteiger partial charge in [0.1, 0.15) is 0 Å². The average Bonchev–Trinajstić information content (AvgIpc) is 2.33. The summed E-state index contributed by atoms with van der Waals surface area (Å²) in [6, 6.07) is 10.4. The third-order valence-corrected chi connectivity index (χ3v) is 2.57. The smallest absolute Gasteiger partial charge is 0.167 e. The molecule has 3 rings (SSSR count). The number of hydrogen-bond donors (Lipinski definition) is 2. The van der Waals surface area contributed by atoms with Gasteiger partial charge in [0.15, 0.2) is 11.5 Å². The number of rotatable bonds is 0. The standard InChI is InChI=1S/C12H8N2O2/c15-10-6-5-9-11(12(10)16)7-3-1-2-4-8(7)13-14-9/h1-6,15-16H. The highest BCUT2D eigenvalue weighted by molar-refractivity contribution is 6.07.